The van der Waals surface area contributed by atoms with Crippen molar-refractivity contribution in [2.75, 3.05) is 13.4 Å². The molecule has 4 atom stereocenters. The number of rotatable bonds is 14. The number of aliphatic hydroxyl groups is 2. The van der Waals surface area contributed by atoms with Gasteiger partial charge >= 0.3 is 5.97 Å². The predicted octanol–water partition coefficient (Wildman–Crippen LogP) is 4.03. The number of hydrogen-bond acceptors (Lipinski definition) is 6. The van der Waals surface area contributed by atoms with Crippen LogP contribution in [0.25, 0.3) is 0 Å². The Kier molecular flexibility index (Phi) is 12.4. The number of allylic oxidation sites excluding steroid dienone is 3. The Balaban J connectivity index is 2.57. The fourth-order valence-corrected chi connectivity index (χ4v) is 4.14. The van der Waals surface area contributed by atoms with E-state index in [4.69, 9.17) is 0 Å². The number of carbonyl (C=O) groups excluding carboxylic acids is 2. The van der Waals surface area contributed by atoms with E-state index in [2.05, 4.69) is 11.7 Å². The first kappa shape index (κ1) is 24.9. The van der Waals surface area contributed by atoms with Crippen LogP contribution in [-0.2, 0) is 14.3 Å². The Morgan fingerprint density at radius 2 is 1.93 bits per heavy atom. The van der Waals surface area contributed by atoms with Crippen molar-refractivity contribution in [1.29, 1.82) is 0 Å². The third kappa shape index (κ3) is 8.50. The highest BCUT2D eigenvalue weighted by Crippen LogP contribution is 2.37. The number of carbonyl (C=O) groups is 2. The molecule has 0 aromatic heterocycles. The van der Waals surface area contributed by atoms with Crippen LogP contribution in [0.3, 0.4) is 0 Å². The van der Waals surface area contributed by atoms with Crippen LogP contribution in [0.4, 0.5) is 0 Å². The molecule has 0 aromatic carbocycles. The summed E-state index contributed by atoms with van der Waals surface area (Å²) < 4.78 is 4.62. The lowest BCUT2D eigenvalue weighted by Crippen LogP contribution is -2.30. The Hall–Kier alpha value is -1.11. The third-order valence-electron chi connectivity index (χ3n) is 5.21. The molecule has 0 heterocycles. The van der Waals surface area contributed by atoms with E-state index in [1.807, 2.05) is 18.4 Å². The zero-order chi connectivity index (χ0) is 20.9. The van der Waals surface area contributed by atoms with Crippen molar-refractivity contribution in [2.45, 2.75) is 76.9 Å². The lowest BCUT2D eigenvalue weighted by Gasteiger charge is -2.22. The number of ketones is 1. The van der Waals surface area contributed by atoms with E-state index in [0.717, 1.165) is 44.9 Å². The molecule has 0 saturated carbocycles. The Morgan fingerprint density at radius 1 is 1.21 bits per heavy atom. The SMILES string of the molecule is CCCCCC(O)/C=C/C1C=C(SC)C(=O)C1C(O)CCCCCC(=O)OC. The van der Waals surface area contributed by atoms with Gasteiger partial charge in [0.05, 0.1) is 25.2 Å². The molecular formula is C22H36O5S. The van der Waals surface area contributed by atoms with Gasteiger partial charge in [0, 0.05) is 17.2 Å². The molecule has 0 aliphatic heterocycles. The predicted molar refractivity (Wildman–Crippen MR) is 114 cm³/mol. The first-order valence-electron chi connectivity index (χ1n) is 10.4. The summed E-state index contributed by atoms with van der Waals surface area (Å²) in [6.07, 6.45) is 13.3. The van der Waals surface area contributed by atoms with Crippen LogP contribution in [0.1, 0.15) is 64.7 Å². The molecule has 4 unspecified atom stereocenters. The highest BCUT2D eigenvalue weighted by molar-refractivity contribution is 8.03. The second kappa shape index (κ2) is 14.0. The molecule has 0 radical (unpaired) electrons. The summed E-state index contributed by atoms with van der Waals surface area (Å²) in [5.74, 6) is -0.893. The van der Waals surface area contributed by atoms with Crippen LogP contribution < -0.4 is 0 Å². The summed E-state index contributed by atoms with van der Waals surface area (Å²) in [6, 6.07) is 0. The minimum Gasteiger partial charge on any atom is -0.469 e. The van der Waals surface area contributed by atoms with E-state index in [9.17, 15) is 19.8 Å². The molecule has 0 bridgehead atoms. The number of thioether (sulfide) groups is 1. The summed E-state index contributed by atoms with van der Waals surface area (Å²) in [4.78, 5) is 24.5. The standard InChI is InChI=1S/C22H36O5S/c1-4-5-7-10-17(23)14-13-16-15-19(28-3)22(26)21(16)18(24)11-8-6-9-12-20(25)27-2/h13-18,21,23-24H,4-12H2,1-3H3/b14-13+. The second-order valence-corrected chi connectivity index (χ2v) is 8.24. The molecule has 0 amide bonds. The summed E-state index contributed by atoms with van der Waals surface area (Å²) in [5, 5.41) is 20.8. The highest BCUT2D eigenvalue weighted by atomic mass is 32.2. The Bertz CT molecular complexity index is 543. The quantitative estimate of drug-likeness (QED) is 0.255. The zero-order valence-corrected chi connectivity index (χ0v) is 18.2. The van der Waals surface area contributed by atoms with E-state index >= 15 is 0 Å². The normalized spacial score (nSPS) is 21.8. The van der Waals surface area contributed by atoms with Crippen molar-refractivity contribution in [2.24, 2.45) is 11.8 Å². The zero-order valence-electron chi connectivity index (χ0n) is 17.4. The molecule has 6 heteroatoms. The molecule has 0 aromatic rings. The number of Topliss-reactive ketones (excluding diaryl/α,β-unsaturated/α-hetero) is 1. The van der Waals surface area contributed by atoms with Gasteiger partial charge in [-0.15, -0.1) is 11.8 Å². The van der Waals surface area contributed by atoms with E-state index in [0.29, 0.717) is 17.7 Å². The maximum atomic E-state index is 12.7. The molecule has 2 N–H and O–H groups in total. The lowest BCUT2D eigenvalue weighted by atomic mass is 9.86. The molecule has 5 nitrogen and oxygen atoms in total. The Labute approximate surface area is 173 Å². The van der Waals surface area contributed by atoms with Gasteiger partial charge in [0.1, 0.15) is 0 Å². The van der Waals surface area contributed by atoms with Crippen LogP contribution in [0, 0.1) is 11.8 Å². The van der Waals surface area contributed by atoms with Crippen molar-refractivity contribution in [1.82, 2.24) is 0 Å². The van der Waals surface area contributed by atoms with E-state index < -0.39 is 18.1 Å². The van der Waals surface area contributed by atoms with Gasteiger partial charge in [-0.2, -0.15) is 0 Å². The topological polar surface area (TPSA) is 83.8 Å². The van der Waals surface area contributed by atoms with Gasteiger partial charge in [-0.05, 0) is 25.5 Å². The monoisotopic (exact) mass is 412 g/mol. The Morgan fingerprint density at radius 3 is 2.57 bits per heavy atom. The molecule has 0 fully saturated rings. The first-order chi connectivity index (χ1) is 13.4. The van der Waals surface area contributed by atoms with Crippen LogP contribution in [0.15, 0.2) is 23.1 Å². The molecule has 0 saturated heterocycles. The maximum Gasteiger partial charge on any atom is 0.305 e. The minimum atomic E-state index is -0.724. The summed E-state index contributed by atoms with van der Waals surface area (Å²) in [5.41, 5.74) is 0. The summed E-state index contributed by atoms with van der Waals surface area (Å²) in [7, 11) is 1.38. The van der Waals surface area contributed by atoms with Crippen molar-refractivity contribution >= 4 is 23.5 Å². The smallest absolute Gasteiger partial charge is 0.305 e. The van der Waals surface area contributed by atoms with Crippen LogP contribution >= 0.6 is 11.8 Å². The van der Waals surface area contributed by atoms with Crippen molar-refractivity contribution in [3.63, 3.8) is 0 Å². The first-order valence-corrected chi connectivity index (χ1v) is 11.6. The summed E-state index contributed by atoms with van der Waals surface area (Å²) >= 11 is 1.41. The third-order valence-corrected chi connectivity index (χ3v) is 5.98. The van der Waals surface area contributed by atoms with Crippen molar-refractivity contribution < 1.29 is 24.5 Å². The van der Waals surface area contributed by atoms with E-state index in [1.54, 1.807) is 6.08 Å². The van der Waals surface area contributed by atoms with Crippen LogP contribution in [0.5, 0.6) is 0 Å². The van der Waals surface area contributed by atoms with Gasteiger partial charge in [0.15, 0.2) is 5.78 Å². The molecule has 0 spiro atoms. The fraction of sp³-hybridized carbons (Fsp3) is 0.727. The second-order valence-electron chi connectivity index (χ2n) is 7.39. The molecule has 1 aliphatic carbocycles. The molecule has 28 heavy (non-hydrogen) atoms. The molecular weight excluding hydrogens is 376 g/mol. The van der Waals surface area contributed by atoms with Gasteiger partial charge in [0.2, 0.25) is 0 Å². The van der Waals surface area contributed by atoms with Gasteiger partial charge in [-0.1, -0.05) is 57.3 Å². The van der Waals surface area contributed by atoms with Crippen molar-refractivity contribution in [3.8, 4) is 0 Å². The number of aliphatic hydroxyl groups excluding tert-OH is 2. The minimum absolute atomic E-state index is 0.00955. The number of ether oxygens (including phenoxy) is 1. The van der Waals surface area contributed by atoms with E-state index in [1.165, 1.54) is 18.9 Å². The highest BCUT2D eigenvalue weighted by Gasteiger charge is 2.38. The number of esters is 1. The average molecular weight is 413 g/mol. The molecule has 1 rings (SSSR count). The maximum absolute atomic E-state index is 12.7. The lowest BCUT2D eigenvalue weighted by molar-refractivity contribution is -0.140. The number of unbranched alkanes of at least 4 members (excludes halogenated alkanes) is 4. The van der Waals surface area contributed by atoms with Crippen LogP contribution in [-0.4, -0.2) is 47.5 Å². The summed E-state index contributed by atoms with van der Waals surface area (Å²) in [6.45, 7) is 2.13. The van der Waals surface area contributed by atoms with Gasteiger partial charge < -0.3 is 14.9 Å². The number of methoxy groups -OCH3 is 1. The van der Waals surface area contributed by atoms with Crippen LogP contribution in [0.2, 0.25) is 0 Å². The van der Waals surface area contributed by atoms with Gasteiger partial charge in [0.25, 0.3) is 0 Å². The number of hydrogen-bond donors (Lipinski definition) is 2. The largest absolute Gasteiger partial charge is 0.469 e. The van der Waals surface area contributed by atoms with Gasteiger partial charge in [-0.3, -0.25) is 9.59 Å². The van der Waals surface area contributed by atoms with Crippen molar-refractivity contribution in [3.05, 3.63) is 23.1 Å². The molecule has 160 valence electrons. The molecule has 1 aliphatic rings. The fourth-order valence-electron chi connectivity index (χ4n) is 3.51. The van der Waals surface area contributed by atoms with Gasteiger partial charge in [-0.25, -0.2) is 0 Å². The van der Waals surface area contributed by atoms with E-state index in [-0.39, 0.29) is 17.7 Å². The average Bonchev–Trinajstić information content (AvgIpc) is 3.01.